The summed E-state index contributed by atoms with van der Waals surface area (Å²) in [5, 5.41) is 3.28. The first kappa shape index (κ1) is 27.3. The van der Waals surface area contributed by atoms with Crippen molar-refractivity contribution in [1.29, 1.82) is 0 Å². The van der Waals surface area contributed by atoms with Gasteiger partial charge < -0.3 is 10.2 Å². The van der Waals surface area contributed by atoms with Crippen molar-refractivity contribution in [2.75, 3.05) is 32.7 Å². The van der Waals surface area contributed by atoms with E-state index in [0.717, 1.165) is 10.0 Å². The molecule has 1 atom stereocenters. The third-order valence-electron chi connectivity index (χ3n) is 6.37. The Labute approximate surface area is 230 Å². The van der Waals surface area contributed by atoms with E-state index in [4.69, 9.17) is 11.6 Å². The van der Waals surface area contributed by atoms with Crippen LogP contribution in [0.1, 0.15) is 39.1 Å². The van der Waals surface area contributed by atoms with Crippen molar-refractivity contribution in [1.82, 2.24) is 14.5 Å². The number of piperazine rings is 1. The average Bonchev–Trinajstić information content (AvgIpc) is 2.91. The van der Waals surface area contributed by atoms with Gasteiger partial charge in [-0.15, -0.1) is 0 Å². The van der Waals surface area contributed by atoms with E-state index in [1.807, 2.05) is 31.2 Å². The lowest BCUT2D eigenvalue weighted by atomic mass is 10.0. The molecule has 0 aliphatic carbocycles. The first-order valence-electron chi connectivity index (χ1n) is 11.8. The number of benzene rings is 3. The molecule has 0 aromatic heterocycles. The van der Waals surface area contributed by atoms with Crippen molar-refractivity contribution >= 4 is 49.4 Å². The van der Waals surface area contributed by atoms with Crippen LogP contribution in [0, 0.1) is 0 Å². The molecule has 1 heterocycles. The number of nitrogens with one attached hydrogen (secondary N) is 1. The SMILES string of the molecule is CC(CNC(=O)c1ccccc1C(=O)N1CCN(S(=O)(=O)c2cccc(Cl)c2)CC1)c1ccc(Br)cc1. The maximum Gasteiger partial charge on any atom is 0.254 e. The zero-order valence-corrected chi connectivity index (χ0v) is 23.4. The Hall–Kier alpha value is -2.72. The fourth-order valence-corrected chi connectivity index (χ4v) is 6.18. The molecule has 3 aromatic carbocycles. The molecule has 1 N–H and O–H groups in total. The van der Waals surface area contributed by atoms with Gasteiger partial charge in [0.1, 0.15) is 0 Å². The lowest BCUT2D eigenvalue weighted by Crippen LogP contribution is -2.50. The smallest absolute Gasteiger partial charge is 0.254 e. The van der Waals surface area contributed by atoms with E-state index in [9.17, 15) is 18.0 Å². The molecule has 0 bridgehead atoms. The Morgan fingerprint density at radius 2 is 1.59 bits per heavy atom. The Kier molecular flexibility index (Phi) is 8.69. The molecular formula is C27H27BrClN3O4S. The zero-order valence-electron chi connectivity index (χ0n) is 20.2. The number of carbonyl (C=O) groups excluding carboxylic acids is 2. The monoisotopic (exact) mass is 603 g/mol. The van der Waals surface area contributed by atoms with Gasteiger partial charge in [0.15, 0.2) is 0 Å². The molecule has 37 heavy (non-hydrogen) atoms. The van der Waals surface area contributed by atoms with Crippen LogP contribution in [0.3, 0.4) is 0 Å². The van der Waals surface area contributed by atoms with Crippen LogP contribution >= 0.6 is 27.5 Å². The molecule has 1 aliphatic rings. The molecule has 4 rings (SSSR count). The quantitative estimate of drug-likeness (QED) is 0.421. The Bertz CT molecular complexity index is 1390. The van der Waals surface area contributed by atoms with Crippen LogP contribution in [-0.4, -0.2) is 62.2 Å². The van der Waals surface area contributed by atoms with Crippen molar-refractivity contribution in [3.05, 3.63) is 99.0 Å². The maximum absolute atomic E-state index is 13.3. The van der Waals surface area contributed by atoms with Crippen molar-refractivity contribution in [2.24, 2.45) is 0 Å². The van der Waals surface area contributed by atoms with Crippen LogP contribution in [0.25, 0.3) is 0 Å². The van der Waals surface area contributed by atoms with Crippen molar-refractivity contribution < 1.29 is 18.0 Å². The summed E-state index contributed by atoms with van der Waals surface area (Å²) in [6.07, 6.45) is 0. The molecule has 194 valence electrons. The van der Waals surface area contributed by atoms with E-state index in [0.29, 0.717) is 22.7 Å². The van der Waals surface area contributed by atoms with Crippen molar-refractivity contribution in [3.8, 4) is 0 Å². The van der Waals surface area contributed by atoms with Gasteiger partial charge in [-0.05, 0) is 53.9 Å². The molecule has 1 saturated heterocycles. The van der Waals surface area contributed by atoms with E-state index >= 15 is 0 Å². The van der Waals surface area contributed by atoms with Crippen molar-refractivity contribution in [3.63, 3.8) is 0 Å². The van der Waals surface area contributed by atoms with Crippen LogP contribution in [-0.2, 0) is 10.0 Å². The van der Waals surface area contributed by atoms with Gasteiger partial charge in [-0.25, -0.2) is 8.42 Å². The summed E-state index contributed by atoms with van der Waals surface area (Å²) >= 11 is 9.39. The lowest BCUT2D eigenvalue weighted by molar-refractivity contribution is 0.0693. The van der Waals surface area contributed by atoms with Crippen LogP contribution in [0.5, 0.6) is 0 Å². The van der Waals surface area contributed by atoms with Gasteiger partial charge in [-0.2, -0.15) is 4.31 Å². The highest BCUT2D eigenvalue weighted by molar-refractivity contribution is 9.10. The van der Waals surface area contributed by atoms with Crippen LogP contribution in [0.15, 0.2) is 82.2 Å². The second-order valence-electron chi connectivity index (χ2n) is 8.86. The Balaban J connectivity index is 1.40. The molecule has 1 unspecified atom stereocenters. The van der Waals surface area contributed by atoms with E-state index in [2.05, 4.69) is 21.2 Å². The predicted molar refractivity (Wildman–Crippen MR) is 147 cm³/mol. The highest BCUT2D eigenvalue weighted by atomic mass is 79.9. The minimum Gasteiger partial charge on any atom is -0.351 e. The van der Waals surface area contributed by atoms with Crippen LogP contribution in [0.4, 0.5) is 0 Å². The summed E-state index contributed by atoms with van der Waals surface area (Å²) in [5.74, 6) is -0.531. The summed E-state index contributed by atoms with van der Waals surface area (Å²) < 4.78 is 28.3. The van der Waals surface area contributed by atoms with E-state index in [-0.39, 0.29) is 48.8 Å². The standard InChI is InChI=1S/C27H27BrClN3O4S/c1-19(20-9-11-21(28)12-10-20)18-30-26(33)24-7-2-3-8-25(24)27(34)31-13-15-32(16-14-31)37(35,36)23-6-4-5-22(29)17-23/h2-12,17,19H,13-16,18H2,1H3,(H,30,33). The first-order valence-corrected chi connectivity index (χ1v) is 14.5. The third kappa shape index (κ3) is 6.41. The fourth-order valence-electron chi connectivity index (χ4n) is 4.20. The fraction of sp³-hybridized carbons (Fsp3) is 0.259. The molecule has 2 amide bonds. The minimum absolute atomic E-state index is 0.0921. The highest BCUT2D eigenvalue weighted by Gasteiger charge is 2.31. The maximum atomic E-state index is 13.3. The highest BCUT2D eigenvalue weighted by Crippen LogP contribution is 2.22. The summed E-state index contributed by atoms with van der Waals surface area (Å²) in [6.45, 7) is 3.18. The second-order valence-corrected chi connectivity index (χ2v) is 12.2. The molecule has 0 saturated carbocycles. The normalized spacial score (nSPS) is 15.3. The van der Waals surface area contributed by atoms with Gasteiger partial charge in [-0.1, -0.05) is 64.8 Å². The molecule has 0 radical (unpaired) electrons. The van der Waals surface area contributed by atoms with Gasteiger partial charge in [-0.3, -0.25) is 9.59 Å². The molecule has 3 aromatic rings. The molecule has 10 heteroatoms. The van der Waals surface area contributed by atoms with E-state index in [1.165, 1.54) is 16.4 Å². The summed E-state index contributed by atoms with van der Waals surface area (Å²) in [7, 11) is -3.72. The number of rotatable bonds is 7. The minimum atomic E-state index is -3.72. The third-order valence-corrected chi connectivity index (χ3v) is 9.03. The lowest BCUT2D eigenvalue weighted by Gasteiger charge is -2.34. The van der Waals surface area contributed by atoms with Crippen molar-refractivity contribution in [2.45, 2.75) is 17.7 Å². The molecular weight excluding hydrogens is 578 g/mol. The summed E-state index contributed by atoms with van der Waals surface area (Å²) in [4.78, 5) is 28.1. The van der Waals surface area contributed by atoms with Crippen LogP contribution in [0.2, 0.25) is 5.02 Å². The average molecular weight is 605 g/mol. The number of nitrogens with zero attached hydrogens (tertiary/aromatic N) is 2. The van der Waals surface area contributed by atoms with Gasteiger partial charge in [0, 0.05) is 42.2 Å². The molecule has 7 nitrogen and oxygen atoms in total. The van der Waals surface area contributed by atoms with Gasteiger partial charge in [0.25, 0.3) is 11.8 Å². The number of hydrogen-bond acceptors (Lipinski definition) is 4. The largest absolute Gasteiger partial charge is 0.351 e. The molecule has 1 aliphatic heterocycles. The number of amides is 2. The summed E-state index contributed by atoms with van der Waals surface area (Å²) in [5.41, 5.74) is 1.69. The Morgan fingerprint density at radius 1 is 0.946 bits per heavy atom. The van der Waals surface area contributed by atoms with Gasteiger partial charge in [0.2, 0.25) is 10.0 Å². The topological polar surface area (TPSA) is 86.8 Å². The van der Waals surface area contributed by atoms with Gasteiger partial charge >= 0.3 is 0 Å². The molecule has 1 fully saturated rings. The number of hydrogen-bond donors (Lipinski definition) is 1. The number of halogens is 2. The summed E-state index contributed by atoms with van der Waals surface area (Å²) in [6, 6.07) is 20.8. The zero-order chi connectivity index (χ0) is 26.6. The number of sulfonamides is 1. The van der Waals surface area contributed by atoms with Gasteiger partial charge in [0.05, 0.1) is 16.0 Å². The van der Waals surface area contributed by atoms with Crippen LogP contribution < -0.4 is 5.32 Å². The van der Waals surface area contributed by atoms with E-state index < -0.39 is 10.0 Å². The Morgan fingerprint density at radius 3 is 2.24 bits per heavy atom. The number of carbonyl (C=O) groups is 2. The first-order chi connectivity index (χ1) is 17.7. The predicted octanol–water partition coefficient (Wildman–Crippen LogP) is 4.78. The van der Waals surface area contributed by atoms with E-state index in [1.54, 1.807) is 41.3 Å². The molecule has 0 spiro atoms. The second kappa shape index (κ2) is 11.8.